The highest BCUT2D eigenvalue weighted by molar-refractivity contribution is 5.57. The van der Waals surface area contributed by atoms with Crippen LogP contribution in [0, 0.1) is 17.2 Å². The first kappa shape index (κ1) is 12.8. The van der Waals surface area contributed by atoms with Gasteiger partial charge in [0.25, 0.3) is 0 Å². The van der Waals surface area contributed by atoms with Crippen molar-refractivity contribution in [1.82, 2.24) is 4.98 Å². The molecule has 1 fully saturated rings. The van der Waals surface area contributed by atoms with Crippen LogP contribution in [0.5, 0.6) is 0 Å². The fourth-order valence-electron chi connectivity index (χ4n) is 2.56. The Balaban J connectivity index is 2.09. The smallest absolute Gasteiger partial charge is 0.101 e. The van der Waals surface area contributed by atoms with Gasteiger partial charge < -0.3 is 10.0 Å². The first-order chi connectivity index (χ1) is 8.52. The zero-order valence-electron chi connectivity index (χ0n) is 10.9. The zero-order valence-corrected chi connectivity index (χ0v) is 10.9. The summed E-state index contributed by atoms with van der Waals surface area (Å²) < 4.78 is 0. The molecule has 0 aromatic carbocycles. The van der Waals surface area contributed by atoms with Gasteiger partial charge >= 0.3 is 0 Å². The maximum absolute atomic E-state index is 10.0. The quantitative estimate of drug-likeness (QED) is 0.865. The van der Waals surface area contributed by atoms with Gasteiger partial charge in [0.1, 0.15) is 6.07 Å². The van der Waals surface area contributed by atoms with Crippen molar-refractivity contribution in [2.75, 3.05) is 18.0 Å². The third kappa shape index (κ3) is 2.62. The van der Waals surface area contributed by atoms with E-state index in [4.69, 9.17) is 5.26 Å². The van der Waals surface area contributed by atoms with E-state index in [9.17, 15) is 5.11 Å². The average Bonchev–Trinajstić information content (AvgIpc) is 2.38. The highest BCUT2D eigenvalue weighted by Gasteiger charge is 2.31. The van der Waals surface area contributed by atoms with Crippen LogP contribution in [-0.2, 0) is 0 Å². The molecule has 2 heterocycles. The minimum absolute atomic E-state index is 0.330. The summed E-state index contributed by atoms with van der Waals surface area (Å²) in [6, 6.07) is 3.95. The first-order valence-corrected chi connectivity index (χ1v) is 6.34. The molecule has 96 valence electrons. The van der Waals surface area contributed by atoms with E-state index in [0.717, 1.165) is 31.6 Å². The summed E-state index contributed by atoms with van der Waals surface area (Å²) in [4.78, 5) is 6.28. The fraction of sp³-hybridized carbons (Fsp3) is 0.571. The first-order valence-electron chi connectivity index (χ1n) is 6.34. The van der Waals surface area contributed by atoms with Crippen LogP contribution in [-0.4, -0.2) is 28.8 Å². The molecular weight excluding hydrogens is 226 g/mol. The van der Waals surface area contributed by atoms with Gasteiger partial charge in [-0.25, -0.2) is 0 Å². The second-order valence-corrected chi connectivity index (χ2v) is 5.42. The molecule has 0 aliphatic carbocycles. The molecule has 1 N–H and O–H groups in total. The maximum Gasteiger partial charge on any atom is 0.101 e. The molecule has 0 radical (unpaired) electrons. The van der Waals surface area contributed by atoms with Crippen LogP contribution in [0.25, 0.3) is 0 Å². The number of pyridine rings is 1. The Labute approximate surface area is 108 Å². The Hall–Kier alpha value is -1.60. The van der Waals surface area contributed by atoms with Crippen molar-refractivity contribution < 1.29 is 5.11 Å². The van der Waals surface area contributed by atoms with Gasteiger partial charge in [-0.1, -0.05) is 0 Å². The standard InChI is InChI=1S/C14H19N3O/c1-14(2,18)12-4-7-17(8-5-12)13-10-16-6-3-11(13)9-15/h3,6,10,12,18H,4-5,7-8H2,1-2H3. The van der Waals surface area contributed by atoms with Crippen molar-refractivity contribution in [3.63, 3.8) is 0 Å². The second-order valence-electron chi connectivity index (χ2n) is 5.42. The Bertz CT molecular complexity index is 451. The van der Waals surface area contributed by atoms with Crippen molar-refractivity contribution >= 4 is 5.69 Å². The number of aliphatic hydroxyl groups is 1. The van der Waals surface area contributed by atoms with Crippen LogP contribution < -0.4 is 4.90 Å². The van der Waals surface area contributed by atoms with Gasteiger partial charge in [-0.3, -0.25) is 4.98 Å². The number of anilines is 1. The predicted molar refractivity (Wildman–Crippen MR) is 70.2 cm³/mol. The van der Waals surface area contributed by atoms with E-state index >= 15 is 0 Å². The molecule has 0 spiro atoms. The molecule has 1 aromatic heterocycles. The van der Waals surface area contributed by atoms with E-state index in [1.165, 1.54) is 0 Å². The van der Waals surface area contributed by atoms with Crippen molar-refractivity contribution in [2.45, 2.75) is 32.3 Å². The van der Waals surface area contributed by atoms with E-state index in [1.807, 2.05) is 13.8 Å². The SMILES string of the molecule is CC(C)(O)C1CCN(c2cnccc2C#N)CC1. The van der Waals surface area contributed by atoms with Gasteiger partial charge in [-0.15, -0.1) is 0 Å². The average molecular weight is 245 g/mol. The van der Waals surface area contributed by atoms with E-state index < -0.39 is 5.60 Å². The zero-order chi connectivity index (χ0) is 13.2. The molecule has 1 aliphatic heterocycles. The second kappa shape index (κ2) is 4.95. The molecule has 0 saturated carbocycles. The molecule has 0 amide bonds. The van der Waals surface area contributed by atoms with E-state index in [2.05, 4.69) is 16.0 Å². The lowest BCUT2D eigenvalue weighted by Crippen LogP contribution is -2.42. The molecule has 0 bridgehead atoms. The van der Waals surface area contributed by atoms with Gasteiger partial charge in [0.05, 0.1) is 23.0 Å². The number of aromatic nitrogens is 1. The van der Waals surface area contributed by atoms with E-state index in [-0.39, 0.29) is 0 Å². The highest BCUT2D eigenvalue weighted by Crippen LogP contribution is 2.30. The minimum atomic E-state index is -0.612. The van der Waals surface area contributed by atoms with Gasteiger partial charge in [0.2, 0.25) is 0 Å². The monoisotopic (exact) mass is 245 g/mol. The Morgan fingerprint density at radius 3 is 2.67 bits per heavy atom. The molecule has 0 unspecified atom stereocenters. The molecular formula is C14H19N3O. The number of nitriles is 1. The summed E-state index contributed by atoms with van der Waals surface area (Å²) in [6.07, 6.45) is 5.29. The van der Waals surface area contributed by atoms with Crippen molar-refractivity contribution in [3.05, 3.63) is 24.0 Å². The molecule has 4 nitrogen and oxygen atoms in total. The predicted octanol–water partition coefficient (Wildman–Crippen LogP) is 1.94. The van der Waals surface area contributed by atoms with Crippen LogP contribution in [0.2, 0.25) is 0 Å². The largest absolute Gasteiger partial charge is 0.390 e. The van der Waals surface area contributed by atoms with Crippen molar-refractivity contribution in [2.24, 2.45) is 5.92 Å². The Morgan fingerprint density at radius 1 is 1.44 bits per heavy atom. The molecule has 1 aliphatic rings. The third-order valence-electron chi connectivity index (χ3n) is 3.76. The summed E-state index contributed by atoms with van der Waals surface area (Å²) in [5, 5.41) is 19.1. The molecule has 1 aromatic rings. The van der Waals surface area contributed by atoms with Gasteiger partial charge in [0, 0.05) is 19.3 Å². The number of hydrogen-bond acceptors (Lipinski definition) is 4. The minimum Gasteiger partial charge on any atom is -0.390 e. The number of nitrogens with zero attached hydrogens (tertiary/aromatic N) is 3. The lowest BCUT2D eigenvalue weighted by molar-refractivity contribution is 0.00651. The lowest BCUT2D eigenvalue weighted by Gasteiger charge is -2.38. The van der Waals surface area contributed by atoms with Gasteiger partial charge in [-0.2, -0.15) is 5.26 Å². The normalized spacial score (nSPS) is 17.6. The molecule has 18 heavy (non-hydrogen) atoms. The molecule has 2 rings (SSSR count). The maximum atomic E-state index is 10.0. The van der Waals surface area contributed by atoms with Gasteiger partial charge in [0.15, 0.2) is 0 Å². The number of hydrogen-bond donors (Lipinski definition) is 1. The van der Waals surface area contributed by atoms with Crippen molar-refractivity contribution in [1.29, 1.82) is 5.26 Å². The number of piperidine rings is 1. The van der Waals surface area contributed by atoms with Crippen LogP contribution in [0.3, 0.4) is 0 Å². The third-order valence-corrected chi connectivity index (χ3v) is 3.76. The number of rotatable bonds is 2. The molecule has 0 atom stereocenters. The van der Waals surface area contributed by atoms with Crippen LogP contribution in [0.15, 0.2) is 18.5 Å². The van der Waals surface area contributed by atoms with Crippen molar-refractivity contribution in [3.8, 4) is 6.07 Å². The Kier molecular flexibility index (Phi) is 3.53. The van der Waals surface area contributed by atoms with Gasteiger partial charge in [-0.05, 0) is 38.7 Å². The highest BCUT2D eigenvalue weighted by atomic mass is 16.3. The van der Waals surface area contributed by atoms with E-state index in [1.54, 1.807) is 18.5 Å². The summed E-state index contributed by atoms with van der Waals surface area (Å²) in [5.74, 6) is 0.330. The topological polar surface area (TPSA) is 60.1 Å². The molecule has 1 saturated heterocycles. The Morgan fingerprint density at radius 2 is 2.11 bits per heavy atom. The van der Waals surface area contributed by atoms with E-state index in [0.29, 0.717) is 11.5 Å². The van der Waals surface area contributed by atoms with Crippen LogP contribution in [0.4, 0.5) is 5.69 Å². The summed E-state index contributed by atoms with van der Waals surface area (Å²) >= 11 is 0. The summed E-state index contributed by atoms with van der Waals surface area (Å²) in [7, 11) is 0. The molecule has 4 heteroatoms. The fourth-order valence-corrected chi connectivity index (χ4v) is 2.56. The summed E-state index contributed by atoms with van der Waals surface area (Å²) in [6.45, 7) is 5.49. The summed E-state index contributed by atoms with van der Waals surface area (Å²) in [5.41, 5.74) is 0.972. The van der Waals surface area contributed by atoms with Crippen LogP contribution >= 0.6 is 0 Å². The van der Waals surface area contributed by atoms with Crippen LogP contribution in [0.1, 0.15) is 32.3 Å². The lowest BCUT2D eigenvalue weighted by atomic mass is 9.83.